The molecular formula is C20H30IN7O. The van der Waals surface area contributed by atoms with Gasteiger partial charge in [0.2, 0.25) is 5.91 Å². The van der Waals surface area contributed by atoms with Gasteiger partial charge in [0.05, 0.1) is 11.9 Å². The fourth-order valence-electron chi connectivity index (χ4n) is 3.39. The fourth-order valence-corrected chi connectivity index (χ4v) is 3.39. The Morgan fingerprint density at radius 2 is 2.03 bits per heavy atom. The molecule has 3 rings (SSSR count). The lowest BCUT2D eigenvalue weighted by Gasteiger charge is -2.35. The molecule has 1 aromatic heterocycles. The molecule has 1 aliphatic heterocycles. The summed E-state index contributed by atoms with van der Waals surface area (Å²) < 4.78 is 1.71. The number of amides is 1. The van der Waals surface area contributed by atoms with E-state index < -0.39 is 0 Å². The number of aryl methyl sites for hydroxylation is 1. The number of rotatable bonds is 5. The van der Waals surface area contributed by atoms with E-state index in [2.05, 4.69) is 58.7 Å². The molecule has 158 valence electrons. The van der Waals surface area contributed by atoms with Crippen molar-refractivity contribution in [2.45, 2.75) is 13.1 Å². The fraction of sp³-hybridized carbons (Fsp3) is 0.450. The Labute approximate surface area is 189 Å². The first-order valence-corrected chi connectivity index (χ1v) is 9.43. The maximum absolute atomic E-state index is 12.6. The van der Waals surface area contributed by atoms with Crippen LogP contribution in [-0.2, 0) is 24.9 Å². The minimum atomic E-state index is 0. The van der Waals surface area contributed by atoms with E-state index in [4.69, 9.17) is 0 Å². The second-order valence-electron chi connectivity index (χ2n) is 7.30. The second kappa shape index (κ2) is 10.6. The number of aromatic nitrogens is 2. The summed E-state index contributed by atoms with van der Waals surface area (Å²) in [7, 11) is 7.73. The van der Waals surface area contributed by atoms with E-state index in [0.717, 1.165) is 24.7 Å². The van der Waals surface area contributed by atoms with E-state index in [1.807, 2.05) is 18.1 Å². The number of halogens is 1. The number of hydrogen-bond acceptors (Lipinski definition) is 4. The molecule has 2 aromatic rings. The van der Waals surface area contributed by atoms with Gasteiger partial charge < -0.3 is 20.0 Å². The van der Waals surface area contributed by atoms with Gasteiger partial charge in [-0.1, -0.05) is 24.3 Å². The van der Waals surface area contributed by atoms with Crippen LogP contribution in [0.4, 0.5) is 5.69 Å². The predicted molar refractivity (Wildman–Crippen MR) is 127 cm³/mol. The third kappa shape index (κ3) is 6.17. The number of carbonyl (C=O) groups excluding carboxylic acids is 1. The number of nitrogens with one attached hydrogen (secondary N) is 1. The van der Waals surface area contributed by atoms with E-state index in [1.165, 1.54) is 11.1 Å². The van der Waals surface area contributed by atoms with E-state index in [1.54, 1.807) is 22.8 Å². The van der Waals surface area contributed by atoms with Gasteiger partial charge in [-0.25, -0.2) is 0 Å². The molecule has 9 heteroatoms. The lowest BCUT2D eigenvalue weighted by Crippen LogP contribution is -2.55. The largest absolute Gasteiger partial charge is 0.352 e. The number of benzene rings is 1. The number of carbonyl (C=O) groups is 1. The van der Waals surface area contributed by atoms with Crippen molar-refractivity contribution in [3.8, 4) is 0 Å². The van der Waals surface area contributed by atoms with Crippen LogP contribution in [0.15, 0.2) is 41.7 Å². The first-order valence-electron chi connectivity index (χ1n) is 9.43. The van der Waals surface area contributed by atoms with Crippen LogP contribution in [0.1, 0.15) is 11.1 Å². The SMILES string of the molecule is CN=C(NCc1cccc(CN(C)C)c1)N1CCN(c2cnn(C)c2)C(=O)C1.I. The summed E-state index contributed by atoms with van der Waals surface area (Å²) in [6.07, 6.45) is 3.59. The minimum Gasteiger partial charge on any atom is -0.352 e. The zero-order valence-corrected chi connectivity index (χ0v) is 19.8. The zero-order chi connectivity index (χ0) is 20.1. The topological polar surface area (TPSA) is 69.0 Å². The molecule has 1 N–H and O–H groups in total. The minimum absolute atomic E-state index is 0. The molecule has 1 amide bonds. The highest BCUT2D eigenvalue weighted by molar-refractivity contribution is 14.0. The number of nitrogens with zero attached hydrogens (tertiary/aromatic N) is 6. The van der Waals surface area contributed by atoms with Crippen LogP contribution in [0.5, 0.6) is 0 Å². The molecule has 0 saturated carbocycles. The molecule has 0 spiro atoms. The van der Waals surface area contributed by atoms with E-state index in [9.17, 15) is 4.79 Å². The van der Waals surface area contributed by atoms with Crippen LogP contribution in [0.2, 0.25) is 0 Å². The van der Waals surface area contributed by atoms with E-state index in [0.29, 0.717) is 19.6 Å². The Morgan fingerprint density at radius 1 is 1.28 bits per heavy atom. The normalized spacial score (nSPS) is 14.9. The van der Waals surface area contributed by atoms with Gasteiger partial charge in [0.1, 0.15) is 6.54 Å². The van der Waals surface area contributed by atoms with Gasteiger partial charge >= 0.3 is 0 Å². The van der Waals surface area contributed by atoms with Crippen LogP contribution in [0.25, 0.3) is 0 Å². The molecule has 1 aliphatic rings. The molecule has 29 heavy (non-hydrogen) atoms. The van der Waals surface area contributed by atoms with Gasteiger partial charge in [-0.2, -0.15) is 5.10 Å². The molecule has 0 bridgehead atoms. The average Bonchev–Trinajstić information content (AvgIpc) is 3.08. The maximum atomic E-state index is 12.6. The molecular weight excluding hydrogens is 481 g/mol. The van der Waals surface area contributed by atoms with Crippen molar-refractivity contribution in [3.63, 3.8) is 0 Å². The number of guanidine groups is 1. The summed E-state index contributed by atoms with van der Waals surface area (Å²) >= 11 is 0. The van der Waals surface area contributed by atoms with Crippen molar-refractivity contribution in [1.29, 1.82) is 0 Å². The van der Waals surface area contributed by atoms with Crippen molar-refractivity contribution in [2.75, 3.05) is 45.7 Å². The van der Waals surface area contributed by atoms with Gasteiger partial charge in [-0.3, -0.25) is 14.5 Å². The Morgan fingerprint density at radius 3 is 2.66 bits per heavy atom. The molecule has 2 heterocycles. The van der Waals surface area contributed by atoms with Crippen molar-refractivity contribution in [2.24, 2.45) is 12.0 Å². The van der Waals surface area contributed by atoms with Crippen molar-refractivity contribution in [1.82, 2.24) is 24.9 Å². The standard InChI is InChI=1S/C20H29N7O.HI/c1-21-20(22-11-16-6-5-7-17(10-16)13-24(2)3)26-8-9-27(19(28)15-26)18-12-23-25(4)14-18;/h5-7,10,12,14H,8-9,11,13,15H2,1-4H3,(H,21,22);1H. The second-order valence-corrected chi connectivity index (χ2v) is 7.30. The highest BCUT2D eigenvalue weighted by Gasteiger charge is 2.27. The van der Waals surface area contributed by atoms with E-state index >= 15 is 0 Å². The molecule has 1 saturated heterocycles. The van der Waals surface area contributed by atoms with Crippen LogP contribution in [-0.4, -0.2) is 72.2 Å². The average molecular weight is 511 g/mol. The zero-order valence-electron chi connectivity index (χ0n) is 17.5. The van der Waals surface area contributed by atoms with Gasteiger partial charge in [0, 0.05) is 46.5 Å². The number of hydrogen-bond donors (Lipinski definition) is 1. The van der Waals surface area contributed by atoms with Crippen LogP contribution >= 0.6 is 24.0 Å². The quantitative estimate of drug-likeness (QED) is 0.375. The highest BCUT2D eigenvalue weighted by atomic mass is 127. The summed E-state index contributed by atoms with van der Waals surface area (Å²) in [5.74, 6) is 0.798. The van der Waals surface area contributed by atoms with Crippen LogP contribution < -0.4 is 10.2 Å². The number of anilines is 1. The van der Waals surface area contributed by atoms with Gasteiger partial charge in [0.25, 0.3) is 0 Å². The van der Waals surface area contributed by atoms with Crippen molar-refractivity contribution >= 4 is 41.5 Å². The first-order chi connectivity index (χ1) is 13.5. The van der Waals surface area contributed by atoms with Crippen LogP contribution in [0.3, 0.4) is 0 Å². The lowest BCUT2D eigenvalue weighted by molar-refractivity contribution is -0.120. The molecule has 1 fully saturated rings. The third-order valence-electron chi connectivity index (χ3n) is 4.68. The Kier molecular flexibility index (Phi) is 8.45. The Hall–Kier alpha value is -2.14. The van der Waals surface area contributed by atoms with E-state index in [-0.39, 0.29) is 29.9 Å². The summed E-state index contributed by atoms with van der Waals surface area (Å²) in [5.41, 5.74) is 3.31. The molecule has 0 radical (unpaired) electrons. The molecule has 0 unspecified atom stereocenters. The molecule has 1 aromatic carbocycles. The van der Waals surface area contributed by atoms with Gasteiger partial charge in [0.15, 0.2) is 5.96 Å². The van der Waals surface area contributed by atoms with Crippen LogP contribution in [0, 0.1) is 0 Å². The maximum Gasteiger partial charge on any atom is 0.246 e. The predicted octanol–water partition coefficient (Wildman–Crippen LogP) is 1.52. The number of piperazine rings is 1. The Bertz CT molecular complexity index is 849. The highest BCUT2D eigenvalue weighted by Crippen LogP contribution is 2.16. The monoisotopic (exact) mass is 511 g/mol. The van der Waals surface area contributed by atoms with Crippen molar-refractivity contribution < 1.29 is 4.79 Å². The molecule has 0 aliphatic carbocycles. The number of aliphatic imine (C=N–C) groups is 1. The summed E-state index contributed by atoms with van der Waals surface area (Å²) in [5, 5.41) is 7.54. The van der Waals surface area contributed by atoms with Gasteiger partial charge in [-0.15, -0.1) is 24.0 Å². The smallest absolute Gasteiger partial charge is 0.246 e. The third-order valence-corrected chi connectivity index (χ3v) is 4.68. The Balaban J connectivity index is 0.00000300. The summed E-state index contributed by atoms with van der Waals surface area (Å²) in [6.45, 7) is 3.22. The van der Waals surface area contributed by atoms with Crippen molar-refractivity contribution in [3.05, 3.63) is 47.8 Å². The lowest BCUT2D eigenvalue weighted by atomic mass is 10.1. The summed E-state index contributed by atoms with van der Waals surface area (Å²) in [4.78, 5) is 22.9. The van der Waals surface area contributed by atoms with Gasteiger partial charge in [-0.05, 0) is 25.2 Å². The first kappa shape index (κ1) is 23.1. The summed E-state index contributed by atoms with van der Waals surface area (Å²) in [6, 6.07) is 8.51. The molecule has 0 atom stereocenters. The molecule has 8 nitrogen and oxygen atoms in total.